The molecule has 4 rings (SSSR count). The summed E-state index contributed by atoms with van der Waals surface area (Å²) in [6.45, 7) is 1.56. The molecule has 158 valence electrons. The van der Waals surface area contributed by atoms with Gasteiger partial charge in [-0.25, -0.2) is 0 Å². The van der Waals surface area contributed by atoms with Crippen molar-refractivity contribution in [2.45, 2.75) is 19.8 Å². The van der Waals surface area contributed by atoms with Crippen molar-refractivity contribution in [1.29, 1.82) is 0 Å². The first kappa shape index (κ1) is 20.5. The molecule has 0 saturated carbocycles. The molecule has 1 heterocycles. The zero-order chi connectivity index (χ0) is 22.0. The number of likely N-dealkylation sites (tertiary alicyclic amines) is 1. The summed E-state index contributed by atoms with van der Waals surface area (Å²) in [7, 11) is 0. The number of para-hydroxylation sites is 1. The quantitative estimate of drug-likeness (QED) is 0.577. The van der Waals surface area contributed by atoms with Crippen LogP contribution in [-0.2, 0) is 14.4 Å². The van der Waals surface area contributed by atoms with Crippen molar-refractivity contribution in [3.8, 4) is 0 Å². The van der Waals surface area contributed by atoms with Gasteiger partial charge in [0.25, 0.3) is 5.91 Å². The summed E-state index contributed by atoms with van der Waals surface area (Å²) in [5.74, 6) is -2.26. The molecule has 1 saturated heterocycles. The fourth-order valence-corrected chi connectivity index (χ4v) is 4.07. The summed E-state index contributed by atoms with van der Waals surface area (Å²) >= 11 is 0. The summed E-state index contributed by atoms with van der Waals surface area (Å²) in [4.78, 5) is 51.6. The minimum Gasteiger partial charge on any atom is -0.324 e. The standard InChI is InChI=1S/C24H23N3O4/c1-15-7-6-8-16(13-15)25-22(29)19-11-4-5-12-20(19)26-21(28)14-27-23(30)17-9-2-3-10-18(17)24(27)31/h2-8,11-13,17-18H,9-10,14H2,1H3,(H,25,29)(H,26,28)/t17-,18-/m0/s1. The molecule has 1 aliphatic carbocycles. The molecule has 2 N–H and O–H groups in total. The molecule has 4 amide bonds. The molecule has 31 heavy (non-hydrogen) atoms. The van der Waals surface area contributed by atoms with Crippen LogP contribution in [0.5, 0.6) is 0 Å². The number of benzene rings is 2. The van der Waals surface area contributed by atoms with Gasteiger partial charge in [0.15, 0.2) is 0 Å². The Hall–Kier alpha value is -3.74. The lowest BCUT2D eigenvalue weighted by atomic mass is 9.85. The number of hydrogen-bond donors (Lipinski definition) is 2. The van der Waals surface area contributed by atoms with Gasteiger partial charge in [-0.15, -0.1) is 0 Å². The lowest BCUT2D eigenvalue weighted by molar-refractivity contribution is -0.142. The van der Waals surface area contributed by atoms with Gasteiger partial charge in [-0.1, -0.05) is 36.4 Å². The second kappa shape index (κ2) is 8.55. The van der Waals surface area contributed by atoms with E-state index in [1.165, 1.54) is 0 Å². The first-order chi connectivity index (χ1) is 14.9. The van der Waals surface area contributed by atoms with E-state index in [0.717, 1.165) is 10.5 Å². The number of anilines is 2. The number of rotatable bonds is 5. The zero-order valence-corrected chi connectivity index (χ0v) is 17.1. The maximum atomic E-state index is 12.8. The Morgan fingerprint density at radius 3 is 2.29 bits per heavy atom. The second-order valence-corrected chi connectivity index (χ2v) is 7.84. The number of nitrogens with zero attached hydrogens (tertiary/aromatic N) is 1. The fourth-order valence-electron chi connectivity index (χ4n) is 4.07. The first-order valence-electron chi connectivity index (χ1n) is 10.2. The number of carbonyl (C=O) groups excluding carboxylic acids is 4. The van der Waals surface area contributed by atoms with Crippen LogP contribution in [0, 0.1) is 18.8 Å². The molecule has 2 aromatic carbocycles. The highest BCUT2D eigenvalue weighted by Crippen LogP contribution is 2.34. The van der Waals surface area contributed by atoms with Gasteiger partial charge >= 0.3 is 0 Å². The van der Waals surface area contributed by atoms with E-state index in [0.29, 0.717) is 24.2 Å². The number of imide groups is 1. The summed E-state index contributed by atoms with van der Waals surface area (Å²) in [6.07, 6.45) is 4.85. The maximum absolute atomic E-state index is 12.8. The number of hydrogen-bond acceptors (Lipinski definition) is 4. The molecule has 0 unspecified atom stereocenters. The Kier molecular flexibility index (Phi) is 5.66. The Morgan fingerprint density at radius 1 is 0.935 bits per heavy atom. The molecule has 7 nitrogen and oxygen atoms in total. The molecule has 1 aliphatic heterocycles. The van der Waals surface area contributed by atoms with E-state index in [1.54, 1.807) is 30.3 Å². The predicted molar refractivity (Wildman–Crippen MR) is 116 cm³/mol. The van der Waals surface area contributed by atoms with Gasteiger partial charge in [0.05, 0.1) is 23.1 Å². The SMILES string of the molecule is Cc1cccc(NC(=O)c2ccccc2NC(=O)CN2C(=O)[C@H]3CC=CC[C@@H]3C2=O)c1. The van der Waals surface area contributed by atoms with Gasteiger partial charge < -0.3 is 10.6 Å². The number of aryl methyl sites for hydroxylation is 1. The van der Waals surface area contributed by atoms with E-state index >= 15 is 0 Å². The topological polar surface area (TPSA) is 95.6 Å². The van der Waals surface area contributed by atoms with E-state index in [4.69, 9.17) is 0 Å². The highest BCUT2D eigenvalue weighted by atomic mass is 16.2. The summed E-state index contributed by atoms with van der Waals surface area (Å²) in [6, 6.07) is 14.0. The summed E-state index contributed by atoms with van der Waals surface area (Å²) < 4.78 is 0. The lowest BCUT2D eigenvalue weighted by Gasteiger charge is -2.16. The van der Waals surface area contributed by atoms with Crippen LogP contribution in [0.2, 0.25) is 0 Å². The number of amides is 4. The fraction of sp³-hybridized carbons (Fsp3) is 0.250. The summed E-state index contributed by atoms with van der Waals surface area (Å²) in [5, 5.41) is 5.49. The van der Waals surface area contributed by atoms with E-state index < -0.39 is 5.91 Å². The van der Waals surface area contributed by atoms with Crippen molar-refractivity contribution >= 4 is 35.0 Å². The van der Waals surface area contributed by atoms with Crippen molar-refractivity contribution in [1.82, 2.24) is 4.90 Å². The molecule has 0 spiro atoms. The van der Waals surface area contributed by atoms with Crippen molar-refractivity contribution in [3.05, 3.63) is 71.8 Å². The van der Waals surface area contributed by atoms with Gasteiger partial charge in [0, 0.05) is 5.69 Å². The molecule has 7 heteroatoms. The minimum absolute atomic E-state index is 0.286. The van der Waals surface area contributed by atoms with E-state index in [9.17, 15) is 19.2 Å². The summed E-state index contributed by atoms with van der Waals surface area (Å²) in [5.41, 5.74) is 2.26. The van der Waals surface area contributed by atoms with Gasteiger partial charge in [-0.2, -0.15) is 0 Å². The van der Waals surface area contributed by atoms with Crippen LogP contribution in [0.25, 0.3) is 0 Å². The Balaban J connectivity index is 1.45. The van der Waals surface area contributed by atoms with Gasteiger partial charge in [0.2, 0.25) is 17.7 Å². The molecule has 2 atom stereocenters. The average Bonchev–Trinajstić information content (AvgIpc) is 2.99. The van der Waals surface area contributed by atoms with E-state index in [-0.39, 0.29) is 41.7 Å². The van der Waals surface area contributed by atoms with Crippen LogP contribution < -0.4 is 10.6 Å². The van der Waals surface area contributed by atoms with Crippen LogP contribution in [0.1, 0.15) is 28.8 Å². The molecule has 0 radical (unpaired) electrons. The maximum Gasteiger partial charge on any atom is 0.257 e. The number of fused-ring (bicyclic) bond motifs is 1. The monoisotopic (exact) mass is 417 g/mol. The van der Waals surface area contributed by atoms with E-state index in [1.807, 2.05) is 37.3 Å². The third-order valence-corrected chi connectivity index (χ3v) is 5.62. The second-order valence-electron chi connectivity index (χ2n) is 7.84. The van der Waals surface area contributed by atoms with Crippen LogP contribution in [-0.4, -0.2) is 35.1 Å². The first-order valence-corrected chi connectivity index (χ1v) is 10.2. The van der Waals surface area contributed by atoms with Crippen molar-refractivity contribution in [2.24, 2.45) is 11.8 Å². The Labute approximate surface area is 180 Å². The van der Waals surface area contributed by atoms with Crippen LogP contribution in [0.15, 0.2) is 60.7 Å². The van der Waals surface area contributed by atoms with Gasteiger partial charge in [-0.3, -0.25) is 24.1 Å². The zero-order valence-electron chi connectivity index (χ0n) is 17.1. The smallest absolute Gasteiger partial charge is 0.257 e. The highest BCUT2D eigenvalue weighted by molar-refractivity contribution is 6.12. The largest absolute Gasteiger partial charge is 0.324 e. The number of carbonyl (C=O) groups is 4. The average molecular weight is 417 g/mol. The third-order valence-electron chi connectivity index (χ3n) is 5.62. The Morgan fingerprint density at radius 2 is 1.61 bits per heavy atom. The third kappa shape index (κ3) is 4.26. The normalized spacial score (nSPS) is 19.8. The molecule has 2 aromatic rings. The van der Waals surface area contributed by atoms with Gasteiger partial charge in [-0.05, 0) is 49.6 Å². The number of allylic oxidation sites excluding steroid dienone is 2. The molecule has 0 aromatic heterocycles. The molecule has 0 bridgehead atoms. The Bertz CT molecular complexity index is 1070. The van der Waals surface area contributed by atoms with Crippen molar-refractivity contribution in [2.75, 3.05) is 17.2 Å². The minimum atomic E-state index is -0.524. The van der Waals surface area contributed by atoms with Crippen LogP contribution in [0.4, 0.5) is 11.4 Å². The van der Waals surface area contributed by atoms with Gasteiger partial charge in [0.1, 0.15) is 6.54 Å². The van der Waals surface area contributed by atoms with Crippen LogP contribution in [0.3, 0.4) is 0 Å². The van der Waals surface area contributed by atoms with E-state index in [2.05, 4.69) is 10.6 Å². The lowest BCUT2D eigenvalue weighted by Crippen LogP contribution is -2.38. The van der Waals surface area contributed by atoms with Crippen LogP contribution >= 0.6 is 0 Å². The highest BCUT2D eigenvalue weighted by Gasteiger charge is 2.47. The number of nitrogens with one attached hydrogen (secondary N) is 2. The molecular weight excluding hydrogens is 394 g/mol. The van der Waals surface area contributed by atoms with Crippen molar-refractivity contribution < 1.29 is 19.2 Å². The molecule has 1 fully saturated rings. The molecular formula is C24H23N3O4. The predicted octanol–water partition coefficient (Wildman–Crippen LogP) is 3.14. The van der Waals surface area contributed by atoms with Crippen molar-refractivity contribution in [3.63, 3.8) is 0 Å². The molecule has 2 aliphatic rings.